The van der Waals surface area contributed by atoms with Crippen LogP contribution in [0.5, 0.6) is 0 Å². The van der Waals surface area contributed by atoms with Crippen LogP contribution in [-0.2, 0) is 17.8 Å². The Hall–Kier alpha value is -2.82. The summed E-state index contributed by atoms with van der Waals surface area (Å²) < 4.78 is 6.80. The van der Waals surface area contributed by atoms with Crippen molar-refractivity contribution >= 4 is 17.0 Å². The molecule has 1 atom stereocenters. The Balaban J connectivity index is 1.35. The Labute approximate surface area is 145 Å². The molecule has 4 rings (SSSR count). The summed E-state index contributed by atoms with van der Waals surface area (Å²) in [6.45, 7) is 0.477. The molecule has 1 aliphatic carbocycles. The molecule has 0 radical (unpaired) electrons. The summed E-state index contributed by atoms with van der Waals surface area (Å²) in [4.78, 5) is 24.2. The maximum absolute atomic E-state index is 12.3. The number of para-hydroxylation sites is 2. The SMILES string of the molecule is O=C(CCCn1c(=O)oc2ccccc21)NC1CCc2ccccc21. The molecule has 0 aliphatic heterocycles. The fraction of sp³-hybridized carbons (Fsp3) is 0.300. The lowest BCUT2D eigenvalue weighted by atomic mass is 10.1. The van der Waals surface area contributed by atoms with Crippen molar-refractivity contribution in [3.8, 4) is 0 Å². The van der Waals surface area contributed by atoms with Gasteiger partial charge in [-0.1, -0.05) is 36.4 Å². The van der Waals surface area contributed by atoms with Gasteiger partial charge in [-0.3, -0.25) is 9.36 Å². The number of oxazole rings is 1. The number of aromatic nitrogens is 1. The van der Waals surface area contributed by atoms with Gasteiger partial charge in [0.05, 0.1) is 11.6 Å². The topological polar surface area (TPSA) is 64.2 Å². The van der Waals surface area contributed by atoms with Gasteiger partial charge in [0.1, 0.15) is 0 Å². The molecule has 1 N–H and O–H groups in total. The lowest BCUT2D eigenvalue weighted by Gasteiger charge is -2.14. The molecule has 0 fully saturated rings. The first-order valence-corrected chi connectivity index (χ1v) is 8.68. The first-order valence-electron chi connectivity index (χ1n) is 8.68. The summed E-state index contributed by atoms with van der Waals surface area (Å²) in [6, 6.07) is 15.7. The zero-order chi connectivity index (χ0) is 17.2. The van der Waals surface area contributed by atoms with Gasteiger partial charge in [0.2, 0.25) is 5.91 Å². The van der Waals surface area contributed by atoms with Crippen molar-refractivity contribution in [2.45, 2.75) is 38.3 Å². The highest BCUT2D eigenvalue weighted by molar-refractivity contribution is 5.76. The monoisotopic (exact) mass is 336 g/mol. The van der Waals surface area contributed by atoms with Crippen molar-refractivity contribution in [2.75, 3.05) is 0 Å². The number of carbonyl (C=O) groups is 1. The van der Waals surface area contributed by atoms with E-state index in [0.29, 0.717) is 25.0 Å². The predicted octanol–water partition coefficient (Wildman–Crippen LogP) is 3.18. The number of nitrogens with one attached hydrogen (secondary N) is 1. The van der Waals surface area contributed by atoms with Gasteiger partial charge >= 0.3 is 5.76 Å². The van der Waals surface area contributed by atoms with Crippen LogP contribution in [-0.4, -0.2) is 10.5 Å². The van der Waals surface area contributed by atoms with Crippen molar-refractivity contribution in [1.29, 1.82) is 0 Å². The van der Waals surface area contributed by atoms with Crippen LogP contribution in [0.25, 0.3) is 11.1 Å². The van der Waals surface area contributed by atoms with E-state index in [9.17, 15) is 9.59 Å². The van der Waals surface area contributed by atoms with Crippen LogP contribution >= 0.6 is 0 Å². The van der Waals surface area contributed by atoms with E-state index >= 15 is 0 Å². The Morgan fingerprint density at radius 3 is 2.88 bits per heavy atom. The molecule has 128 valence electrons. The zero-order valence-corrected chi connectivity index (χ0v) is 13.9. The number of hydrogen-bond acceptors (Lipinski definition) is 3. The third-order valence-electron chi connectivity index (χ3n) is 4.83. The third-order valence-corrected chi connectivity index (χ3v) is 4.83. The van der Waals surface area contributed by atoms with E-state index in [0.717, 1.165) is 18.4 Å². The number of aryl methyl sites for hydroxylation is 2. The predicted molar refractivity (Wildman–Crippen MR) is 95.4 cm³/mol. The Kier molecular flexibility index (Phi) is 4.14. The van der Waals surface area contributed by atoms with E-state index in [1.807, 2.05) is 30.3 Å². The minimum atomic E-state index is -0.369. The molecule has 5 nitrogen and oxygen atoms in total. The minimum absolute atomic E-state index is 0.0301. The van der Waals surface area contributed by atoms with Crippen LogP contribution in [0.4, 0.5) is 0 Å². The number of carbonyl (C=O) groups excluding carboxylic acids is 1. The molecule has 0 spiro atoms. The maximum atomic E-state index is 12.3. The summed E-state index contributed by atoms with van der Waals surface area (Å²) in [6.07, 6.45) is 2.96. The molecule has 0 bridgehead atoms. The molecule has 0 saturated heterocycles. The van der Waals surface area contributed by atoms with Crippen LogP contribution in [0.3, 0.4) is 0 Å². The van der Waals surface area contributed by atoms with Crippen LogP contribution in [0.1, 0.15) is 36.4 Å². The van der Waals surface area contributed by atoms with Gasteiger partial charge in [0.15, 0.2) is 5.58 Å². The van der Waals surface area contributed by atoms with Crippen molar-refractivity contribution in [3.05, 3.63) is 70.2 Å². The Bertz CT molecular complexity index is 970. The number of nitrogens with zero attached hydrogens (tertiary/aromatic N) is 1. The molecule has 3 aromatic rings. The van der Waals surface area contributed by atoms with Crippen LogP contribution < -0.4 is 11.1 Å². The highest BCUT2D eigenvalue weighted by Crippen LogP contribution is 2.30. The number of benzene rings is 2. The highest BCUT2D eigenvalue weighted by atomic mass is 16.4. The number of amides is 1. The normalized spacial score (nSPS) is 16.1. The first-order chi connectivity index (χ1) is 12.2. The molecular formula is C20H20N2O3. The molecule has 0 saturated carbocycles. The fourth-order valence-corrected chi connectivity index (χ4v) is 3.60. The Morgan fingerprint density at radius 1 is 1.16 bits per heavy atom. The summed E-state index contributed by atoms with van der Waals surface area (Å²) in [5.74, 6) is -0.339. The summed E-state index contributed by atoms with van der Waals surface area (Å²) >= 11 is 0. The fourth-order valence-electron chi connectivity index (χ4n) is 3.60. The third kappa shape index (κ3) is 3.09. The van der Waals surface area contributed by atoms with Crippen molar-refractivity contribution in [1.82, 2.24) is 9.88 Å². The maximum Gasteiger partial charge on any atom is 0.419 e. The molecule has 2 aromatic carbocycles. The number of hydrogen-bond donors (Lipinski definition) is 1. The molecule has 1 heterocycles. The molecule has 1 amide bonds. The van der Waals surface area contributed by atoms with Gasteiger partial charge in [-0.25, -0.2) is 4.79 Å². The number of rotatable bonds is 5. The van der Waals surface area contributed by atoms with Gasteiger partial charge < -0.3 is 9.73 Å². The van der Waals surface area contributed by atoms with E-state index in [1.165, 1.54) is 11.1 Å². The van der Waals surface area contributed by atoms with Gasteiger partial charge in [-0.2, -0.15) is 0 Å². The van der Waals surface area contributed by atoms with Gasteiger partial charge in [0.25, 0.3) is 0 Å². The molecule has 1 aromatic heterocycles. The van der Waals surface area contributed by atoms with E-state index in [4.69, 9.17) is 4.42 Å². The van der Waals surface area contributed by atoms with Crippen molar-refractivity contribution in [3.63, 3.8) is 0 Å². The smallest absolute Gasteiger partial charge is 0.408 e. The number of fused-ring (bicyclic) bond motifs is 2. The van der Waals surface area contributed by atoms with Gasteiger partial charge in [-0.05, 0) is 42.5 Å². The second-order valence-corrected chi connectivity index (χ2v) is 6.45. The van der Waals surface area contributed by atoms with Crippen molar-refractivity contribution in [2.24, 2.45) is 0 Å². The zero-order valence-electron chi connectivity index (χ0n) is 13.9. The van der Waals surface area contributed by atoms with E-state index in [1.54, 1.807) is 10.6 Å². The minimum Gasteiger partial charge on any atom is -0.408 e. The summed E-state index contributed by atoms with van der Waals surface area (Å²) in [5, 5.41) is 3.12. The second-order valence-electron chi connectivity index (χ2n) is 6.45. The van der Waals surface area contributed by atoms with Crippen LogP contribution in [0, 0.1) is 0 Å². The molecule has 1 aliphatic rings. The largest absolute Gasteiger partial charge is 0.419 e. The molecule has 1 unspecified atom stereocenters. The van der Waals surface area contributed by atoms with Crippen molar-refractivity contribution < 1.29 is 9.21 Å². The van der Waals surface area contributed by atoms with E-state index < -0.39 is 0 Å². The second kappa shape index (κ2) is 6.59. The van der Waals surface area contributed by atoms with E-state index in [-0.39, 0.29) is 17.7 Å². The lowest BCUT2D eigenvalue weighted by molar-refractivity contribution is -0.122. The highest BCUT2D eigenvalue weighted by Gasteiger charge is 2.23. The summed E-state index contributed by atoms with van der Waals surface area (Å²) in [7, 11) is 0. The van der Waals surface area contributed by atoms with Crippen LogP contribution in [0.2, 0.25) is 0 Å². The summed E-state index contributed by atoms with van der Waals surface area (Å²) in [5.41, 5.74) is 3.91. The molecule has 25 heavy (non-hydrogen) atoms. The van der Waals surface area contributed by atoms with E-state index in [2.05, 4.69) is 17.4 Å². The lowest BCUT2D eigenvalue weighted by Crippen LogP contribution is -2.27. The standard InChI is InChI=1S/C20H20N2O3/c23-19(21-16-12-11-14-6-1-2-7-15(14)16)10-5-13-22-17-8-3-4-9-18(17)25-20(22)24/h1-4,6-9,16H,5,10-13H2,(H,21,23). The molecular weight excluding hydrogens is 316 g/mol. The quantitative estimate of drug-likeness (QED) is 0.778. The van der Waals surface area contributed by atoms with Gasteiger partial charge in [0, 0.05) is 13.0 Å². The van der Waals surface area contributed by atoms with Gasteiger partial charge in [-0.15, -0.1) is 0 Å². The molecule has 5 heteroatoms. The Morgan fingerprint density at radius 2 is 1.96 bits per heavy atom. The first kappa shape index (κ1) is 15.7. The van der Waals surface area contributed by atoms with Crippen LogP contribution in [0.15, 0.2) is 57.7 Å². The average molecular weight is 336 g/mol. The average Bonchev–Trinajstić information content (AvgIpc) is 3.16.